The maximum atomic E-state index is 13.0. The fourth-order valence-corrected chi connectivity index (χ4v) is 8.28. The van der Waals surface area contributed by atoms with Crippen LogP contribution in [0, 0.1) is 0 Å². The van der Waals surface area contributed by atoms with E-state index in [1.807, 2.05) is 0 Å². The highest BCUT2D eigenvalue weighted by Gasteiger charge is 2.47. The zero-order valence-corrected chi connectivity index (χ0v) is 40.0. The third-order valence-corrected chi connectivity index (χ3v) is 12.5. The second-order valence-electron chi connectivity index (χ2n) is 18.3. The SMILES string of the molecule is CCCCCCC/C=C\CCCCCCCCOCC(COC1OC(COC2OC(CO)C(O)C(O)C2O)C(O)C(O)C1O)OC(=O)CCCCCCCCCCCCCCCCC. The van der Waals surface area contributed by atoms with Crippen molar-refractivity contribution in [3.05, 3.63) is 12.2 Å². The lowest BCUT2D eigenvalue weighted by Gasteiger charge is -2.42. The van der Waals surface area contributed by atoms with Gasteiger partial charge in [-0.25, -0.2) is 0 Å². The van der Waals surface area contributed by atoms with Gasteiger partial charge < -0.3 is 64.2 Å². The number of carbonyl (C=O) groups excluding carboxylic acids is 1. The normalized spacial score (nSPS) is 26.8. The van der Waals surface area contributed by atoms with Crippen molar-refractivity contribution in [1.82, 2.24) is 0 Å². The van der Waals surface area contributed by atoms with Gasteiger partial charge in [0.1, 0.15) is 54.9 Å². The molecule has 11 atom stereocenters. The Hall–Kier alpha value is -1.27. The third-order valence-electron chi connectivity index (χ3n) is 12.5. The number of unbranched alkanes of at least 4 members (excludes halogenated alkanes) is 25. The van der Waals surface area contributed by atoms with E-state index in [0.717, 1.165) is 44.9 Å². The van der Waals surface area contributed by atoms with Crippen molar-refractivity contribution in [3.8, 4) is 0 Å². The fraction of sp³-hybridized carbons (Fsp3) is 0.940. The molecule has 2 aliphatic heterocycles. The highest BCUT2D eigenvalue weighted by Crippen LogP contribution is 2.26. The summed E-state index contributed by atoms with van der Waals surface area (Å²) in [6, 6.07) is 0. The fourth-order valence-electron chi connectivity index (χ4n) is 8.28. The number of esters is 1. The Balaban J connectivity index is 1.77. The number of rotatable bonds is 41. The molecular formula is C50H94O14. The molecule has 0 saturated carbocycles. The number of ether oxygens (including phenoxy) is 6. The molecule has 2 aliphatic rings. The van der Waals surface area contributed by atoms with Crippen molar-refractivity contribution >= 4 is 5.97 Å². The minimum absolute atomic E-state index is 0.0627. The maximum Gasteiger partial charge on any atom is 0.306 e. The number of hydrogen-bond donors (Lipinski definition) is 7. The number of carbonyl (C=O) groups is 1. The summed E-state index contributed by atoms with van der Waals surface area (Å²) in [6.07, 6.45) is 22.7. The van der Waals surface area contributed by atoms with Crippen LogP contribution >= 0.6 is 0 Å². The summed E-state index contributed by atoms with van der Waals surface area (Å²) in [5, 5.41) is 72.1. The van der Waals surface area contributed by atoms with Gasteiger partial charge in [0, 0.05) is 13.0 Å². The summed E-state index contributed by atoms with van der Waals surface area (Å²) < 4.78 is 34.3. The average molecular weight is 919 g/mol. The first kappa shape index (κ1) is 58.9. The van der Waals surface area contributed by atoms with Gasteiger partial charge in [-0.2, -0.15) is 0 Å². The Labute approximate surface area is 386 Å². The quantitative estimate of drug-likeness (QED) is 0.0180. The van der Waals surface area contributed by atoms with Crippen LogP contribution in [0.5, 0.6) is 0 Å². The lowest BCUT2D eigenvalue weighted by molar-refractivity contribution is -0.332. The van der Waals surface area contributed by atoms with Crippen molar-refractivity contribution in [2.45, 2.75) is 268 Å². The van der Waals surface area contributed by atoms with Gasteiger partial charge in [0.2, 0.25) is 0 Å². The minimum Gasteiger partial charge on any atom is -0.457 e. The Morgan fingerprint density at radius 3 is 1.42 bits per heavy atom. The highest BCUT2D eigenvalue weighted by atomic mass is 16.7. The van der Waals surface area contributed by atoms with Crippen molar-refractivity contribution in [2.24, 2.45) is 0 Å². The Bertz CT molecular complexity index is 1110. The lowest BCUT2D eigenvalue weighted by Crippen LogP contribution is -2.61. The van der Waals surface area contributed by atoms with Gasteiger partial charge in [-0.05, 0) is 38.5 Å². The second-order valence-corrected chi connectivity index (χ2v) is 18.3. The van der Waals surface area contributed by atoms with Crippen molar-refractivity contribution in [3.63, 3.8) is 0 Å². The van der Waals surface area contributed by atoms with E-state index in [1.165, 1.54) is 128 Å². The number of allylic oxidation sites excluding steroid dienone is 2. The lowest BCUT2D eigenvalue weighted by atomic mass is 9.98. The van der Waals surface area contributed by atoms with Gasteiger partial charge in [0.05, 0.1) is 26.4 Å². The highest BCUT2D eigenvalue weighted by molar-refractivity contribution is 5.69. The molecule has 11 unspecified atom stereocenters. The van der Waals surface area contributed by atoms with Gasteiger partial charge in [-0.1, -0.05) is 167 Å². The summed E-state index contributed by atoms with van der Waals surface area (Å²) in [7, 11) is 0. The van der Waals surface area contributed by atoms with Gasteiger partial charge >= 0.3 is 5.97 Å². The summed E-state index contributed by atoms with van der Waals surface area (Å²) in [6.45, 7) is 3.69. The number of hydrogen-bond acceptors (Lipinski definition) is 14. The standard InChI is InChI=1S/C50H94O14/c1-3-5-7-9-11-13-15-17-19-21-23-25-27-29-31-33-42(52)62-39(36-59-34-32-30-28-26-24-22-20-18-16-14-12-10-8-6-4-2)37-60-49-48(58)46(56)44(54)41(64-49)38-61-50-47(57)45(55)43(53)40(35-51)63-50/h16,18,39-41,43-51,53-58H,3-15,17,19-38H2,1-2H3/b18-16-. The van der Waals surface area contributed by atoms with E-state index in [0.29, 0.717) is 13.0 Å². The van der Waals surface area contributed by atoms with Gasteiger partial charge in [0.15, 0.2) is 12.6 Å². The molecule has 64 heavy (non-hydrogen) atoms. The molecule has 2 rings (SSSR count). The molecule has 7 N–H and O–H groups in total. The molecule has 14 heteroatoms. The van der Waals surface area contributed by atoms with Gasteiger partial charge in [-0.3, -0.25) is 4.79 Å². The molecule has 0 radical (unpaired) electrons. The first-order valence-corrected chi connectivity index (χ1v) is 25.8. The molecule has 0 aromatic rings. The molecular weight excluding hydrogens is 825 g/mol. The van der Waals surface area contributed by atoms with Crippen molar-refractivity contribution in [1.29, 1.82) is 0 Å². The van der Waals surface area contributed by atoms with E-state index >= 15 is 0 Å². The van der Waals surface area contributed by atoms with Crippen LogP contribution in [0.3, 0.4) is 0 Å². The second kappa shape index (κ2) is 38.7. The Kier molecular flexibility index (Phi) is 35.6. The van der Waals surface area contributed by atoms with Gasteiger partial charge in [-0.15, -0.1) is 0 Å². The van der Waals surface area contributed by atoms with Crippen molar-refractivity contribution in [2.75, 3.05) is 33.0 Å². The zero-order valence-electron chi connectivity index (χ0n) is 40.0. The van der Waals surface area contributed by atoms with Gasteiger partial charge in [0.25, 0.3) is 0 Å². The summed E-state index contributed by atoms with van der Waals surface area (Å²) in [4.78, 5) is 13.0. The monoisotopic (exact) mass is 919 g/mol. The van der Waals surface area contributed by atoms with Crippen LogP contribution in [0.15, 0.2) is 12.2 Å². The molecule has 14 nitrogen and oxygen atoms in total. The van der Waals surface area contributed by atoms with Crippen molar-refractivity contribution < 1.29 is 69.0 Å². The van der Waals surface area contributed by atoms with Crippen LogP contribution in [-0.4, -0.2) is 142 Å². The van der Waals surface area contributed by atoms with E-state index in [2.05, 4.69) is 26.0 Å². The van der Waals surface area contributed by atoms with Crippen LogP contribution in [0.2, 0.25) is 0 Å². The molecule has 378 valence electrons. The van der Waals surface area contributed by atoms with Crippen LogP contribution in [-0.2, 0) is 33.2 Å². The predicted octanol–water partition coefficient (Wildman–Crippen LogP) is 7.46. The zero-order chi connectivity index (χ0) is 46.6. The predicted molar refractivity (Wildman–Crippen MR) is 247 cm³/mol. The molecule has 0 bridgehead atoms. The topological polar surface area (TPSA) is 214 Å². The average Bonchev–Trinajstić information content (AvgIpc) is 3.29. The molecule has 0 aliphatic carbocycles. The van der Waals surface area contributed by atoms with E-state index in [4.69, 9.17) is 28.4 Å². The smallest absolute Gasteiger partial charge is 0.306 e. The number of aliphatic hydroxyl groups is 7. The summed E-state index contributed by atoms with van der Waals surface area (Å²) in [5.41, 5.74) is 0. The molecule has 2 saturated heterocycles. The maximum absolute atomic E-state index is 13.0. The molecule has 0 spiro atoms. The van der Waals surface area contributed by atoms with E-state index in [-0.39, 0.29) is 25.6 Å². The molecule has 0 aromatic heterocycles. The Morgan fingerprint density at radius 2 is 0.922 bits per heavy atom. The van der Waals surface area contributed by atoms with Crippen LogP contribution in [0.4, 0.5) is 0 Å². The molecule has 0 aromatic carbocycles. The van der Waals surface area contributed by atoms with Crippen LogP contribution in [0.25, 0.3) is 0 Å². The first-order chi connectivity index (χ1) is 31.1. The third kappa shape index (κ3) is 26.3. The molecule has 2 heterocycles. The van der Waals surface area contributed by atoms with E-state index in [1.54, 1.807) is 0 Å². The summed E-state index contributed by atoms with van der Waals surface area (Å²) in [5.74, 6) is -0.375. The largest absolute Gasteiger partial charge is 0.457 e. The van der Waals surface area contributed by atoms with E-state index in [9.17, 15) is 40.5 Å². The van der Waals surface area contributed by atoms with Crippen LogP contribution in [0.1, 0.15) is 200 Å². The first-order valence-electron chi connectivity index (χ1n) is 25.8. The molecule has 0 amide bonds. The minimum atomic E-state index is -1.70. The Morgan fingerprint density at radius 1 is 0.500 bits per heavy atom. The van der Waals surface area contributed by atoms with Crippen LogP contribution < -0.4 is 0 Å². The summed E-state index contributed by atoms with van der Waals surface area (Å²) >= 11 is 0. The number of aliphatic hydroxyl groups excluding tert-OH is 7. The van der Waals surface area contributed by atoms with E-state index < -0.39 is 80.7 Å². The molecule has 2 fully saturated rings.